The van der Waals surface area contributed by atoms with Gasteiger partial charge in [0.05, 0.1) is 6.61 Å². The summed E-state index contributed by atoms with van der Waals surface area (Å²) in [5, 5.41) is 12.0. The molecule has 1 aromatic carbocycles. The maximum absolute atomic E-state index is 12.3. The van der Waals surface area contributed by atoms with Crippen LogP contribution in [0.2, 0.25) is 0 Å². The van der Waals surface area contributed by atoms with Gasteiger partial charge in [0.25, 0.3) is 0 Å². The highest BCUT2D eigenvalue weighted by Gasteiger charge is 2.34. The summed E-state index contributed by atoms with van der Waals surface area (Å²) in [6.45, 7) is 2.09. The highest BCUT2D eigenvalue weighted by atomic mass is 16.3. The molecule has 0 aliphatic heterocycles. The Labute approximate surface area is 108 Å². The van der Waals surface area contributed by atoms with Crippen LogP contribution in [0.1, 0.15) is 44.6 Å². The molecule has 1 fully saturated rings. The van der Waals surface area contributed by atoms with E-state index in [-0.39, 0.29) is 17.9 Å². The molecule has 0 aromatic heterocycles. The summed E-state index contributed by atoms with van der Waals surface area (Å²) in [5.41, 5.74) is 1.45. The molecule has 0 heterocycles. The van der Waals surface area contributed by atoms with Crippen molar-refractivity contribution in [1.82, 2.24) is 0 Å². The lowest BCUT2D eigenvalue weighted by Gasteiger charge is -2.32. The lowest BCUT2D eigenvalue weighted by atomic mass is 9.75. The second kappa shape index (κ2) is 5.53. The summed E-state index contributed by atoms with van der Waals surface area (Å²) in [5.74, 6) is 0.124. The van der Waals surface area contributed by atoms with Gasteiger partial charge in [-0.1, -0.05) is 38.3 Å². The molecule has 18 heavy (non-hydrogen) atoms. The highest BCUT2D eigenvalue weighted by molar-refractivity contribution is 5.95. The maximum Gasteiger partial charge on any atom is 0.230 e. The lowest BCUT2D eigenvalue weighted by molar-refractivity contribution is -0.126. The van der Waals surface area contributed by atoms with Crippen LogP contribution in [0.4, 0.5) is 5.69 Å². The quantitative estimate of drug-likeness (QED) is 0.862. The summed E-state index contributed by atoms with van der Waals surface area (Å²) < 4.78 is 0. The van der Waals surface area contributed by atoms with Crippen molar-refractivity contribution in [1.29, 1.82) is 0 Å². The molecule has 3 nitrogen and oxygen atoms in total. The van der Waals surface area contributed by atoms with Gasteiger partial charge in [-0.25, -0.2) is 0 Å². The van der Waals surface area contributed by atoms with E-state index in [0.717, 1.165) is 36.9 Å². The van der Waals surface area contributed by atoms with Crippen LogP contribution in [0.15, 0.2) is 24.3 Å². The van der Waals surface area contributed by atoms with Gasteiger partial charge in [0.2, 0.25) is 5.91 Å². The minimum atomic E-state index is -0.214. The first-order valence-corrected chi connectivity index (χ1v) is 6.65. The van der Waals surface area contributed by atoms with Gasteiger partial charge in [-0.05, 0) is 30.5 Å². The first-order valence-electron chi connectivity index (χ1n) is 6.65. The Bertz CT molecular complexity index is 405. The molecule has 98 valence electrons. The van der Waals surface area contributed by atoms with Gasteiger partial charge in [-0.2, -0.15) is 0 Å². The van der Waals surface area contributed by atoms with Crippen molar-refractivity contribution < 1.29 is 9.90 Å². The highest BCUT2D eigenvalue weighted by Crippen LogP contribution is 2.36. The minimum Gasteiger partial charge on any atom is -0.392 e. The molecular weight excluding hydrogens is 226 g/mol. The summed E-state index contributed by atoms with van der Waals surface area (Å²) >= 11 is 0. The van der Waals surface area contributed by atoms with E-state index in [1.54, 1.807) is 0 Å². The third kappa shape index (κ3) is 2.91. The molecule has 0 bridgehead atoms. The first kappa shape index (κ1) is 13.1. The summed E-state index contributed by atoms with van der Waals surface area (Å²) in [7, 11) is 0. The van der Waals surface area contributed by atoms with Gasteiger partial charge in [0, 0.05) is 11.1 Å². The van der Waals surface area contributed by atoms with Crippen LogP contribution >= 0.6 is 0 Å². The molecule has 0 spiro atoms. The van der Waals surface area contributed by atoms with E-state index in [0.29, 0.717) is 0 Å². The fourth-order valence-corrected chi connectivity index (χ4v) is 2.53. The van der Waals surface area contributed by atoms with Gasteiger partial charge in [-0.15, -0.1) is 0 Å². The SMILES string of the molecule is CC1(C(=O)Nc2ccc(CO)cc2)CCCCC1. The normalized spacial score (nSPS) is 18.3. The van der Waals surface area contributed by atoms with Crippen molar-refractivity contribution in [3.63, 3.8) is 0 Å². The molecule has 0 saturated heterocycles. The number of aliphatic hydroxyl groups excluding tert-OH is 1. The molecule has 0 atom stereocenters. The van der Waals surface area contributed by atoms with Crippen LogP contribution in [-0.2, 0) is 11.4 Å². The predicted molar refractivity (Wildman–Crippen MR) is 72.2 cm³/mol. The van der Waals surface area contributed by atoms with Gasteiger partial charge >= 0.3 is 0 Å². The van der Waals surface area contributed by atoms with E-state index >= 15 is 0 Å². The van der Waals surface area contributed by atoms with Crippen LogP contribution in [0.3, 0.4) is 0 Å². The monoisotopic (exact) mass is 247 g/mol. The van der Waals surface area contributed by atoms with E-state index in [9.17, 15) is 4.79 Å². The van der Waals surface area contributed by atoms with Crippen LogP contribution in [0.5, 0.6) is 0 Å². The van der Waals surface area contributed by atoms with E-state index in [1.807, 2.05) is 24.3 Å². The zero-order chi connectivity index (χ0) is 13.0. The van der Waals surface area contributed by atoms with Gasteiger partial charge in [-0.3, -0.25) is 4.79 Å². The molecule has 0 radical (unpaired) electrons. The first-order chi connectivity index (χ1) is 8.64. The second-order valence-corrected chi connectivity index (χ2v) is 5.43. The fourth-order valence-electron chi connectivity index (χ4n) is 2.53. The van der Waals surface area contributed by atoms with Crippen LogP contribution in [0, 0.1) is 5.41 Å². The summed E-state index contributed by atoms with van der Waals surface area (Å²) in [6.07, 6.45) is 5.50. The molecule has 1 saturated carbocycles. The van der Waals surface area contributed by atoms with Crippen LogP contribution in [0.25, 0.3) is 0 Å². The number of aliphatic hydroxyl groups is 1. The minimum absolute atomic E-state index is 0.0337. The number of anilines is 1. The Morgan fingerprint density at radius 1 is 1.22 bits per heavy atom. The van der Waals surface area contributed by atoms with E-state index < -0.39 is 0 Å². The lowest BCUT2D eigenvalue weighted by Crippen LogP contribution is -2.35. The zero-order valence-corrected chi connectivity index (χ0v) is 10.9. The number of rotatable bonds is 3. The number of hydrogen-bond donors (Lipinski definition) is 2. The summed E-state index contributed by atoms with van der Waals surface area (Å²) in [4.78, 5) is 12.3. The van der Waals surface area contributed by atoms with Gasteiger partial charge in [0.1, 0.15) is 0 Å². The standard InChI is InChI=1S/C15H21NO2/c1-15(9-3-2-4-10-15)14(18)16-13-7-5-12(11-17)6-8-13/h5-8,17H,2-4,9-11H2,1H3,(H,16,18). The van der Waals surface area contributed by atoms with Crippen molar-refractivity contribution in [3.05, 3.63) is 29.8 Å². The van der Waals surface area contributed by atoms with E-state index in [1.165, 1.54) is 6.42 Å². The number of benzene rings is 1. The predicted octanol–water partition coefficient (Wildman–Crippen LogP) is 3.09. The molecule has 2 N–H and O–H groups in total. The Kier molecular flexibility index (Phi) is 4.02. The molecule has 1 amide bonds. The Morgan fingerprint density at radius 3 is 2.39 bits per heavy atom. The van der Waals surface area contributed by atoms with Crippen molar-refractivity contribution >= 4 is 11.6 Å². The largest absolute Gasteiger partial charge is 0.392 e. The van der Waals surface area contributed by atoms with E-state index in [4.69, 9.17) is 5.11 Å². The number of hydrogen-bond acceptors (Lipinski definition) is 2. The Morgan fingerprint density at radius 2 is 1.83 bits per heavy atom. The van der Waals surface area contributed by atoms with Crippen molar-refractivity contribution in [2.45, 2.75) is 45.6 Å². The van der Waals surface area contributed by atoms with Crippen molar-refractivity contribution in [2.75, 3.05) is 5.32 Å². The molecule has 1 aliphatic rings. The Hall–Kier alpha value is -1.35. The van der Waals surface area contributed by atoms with Crippen molar-refractivity contribution in [3.8, 4) is 0 Å². The molecule has 1 aliphatic carbocycles. The maximum atomic E-state index is 12.3. The number of amides is 1. The molecule has 0 unspecified atom stereocenters. The average molecular weight is 247 g/mol. The Balaban J connectivity index is 2.01. The average Bonchev–Trinajstić information content (AvgIpc) is 2.40. The number of nitrogens with one attached hydrogen (secondary N) is 1. The zero-order valence-electron chi connectivity index (χ0n) is 10.9. The third-order valence-electron chi connectivity index (χ3n) is 3.90. The number of carbonyl (C=O) groups excluding carboxylic acids is 1. The van der Waals surface area contributed by atoms with Crippen LogP contribution in [-0.4, -0.2) is 11.0 Å². The van der Waals surface area contributed by atoms with Crippen LogP contribution < -0.4 is 5.32 Å². The van der Waals surface area contributed by atoms with E-state index in [2.05, 4.69) is 12.2 Å². The molecular formula is C15H21NO2. The third-order valence-corrected chi connectivity index (χ3v) is 3.90. The fraction of sp³-hybridized carbons (Fsp3) is 0.533. The van der Waals surface area contributed by atoms with Crippen molar-refractivity contribution in [2.24, 2.45) is 5.41 Å². The second-order valence-electron chi connectivity index (χ2n) is 5.43. The smallest absolute Gasteiger partial charge is 0.230 e. The van der Waals surface area contributed by atoms with Gasteiger partial charge < -0.3 is 10.4 Å². The molecule has 2 rings (SSSR count). The molecule has 3 heteroatoms. The number of carbonyl (C=O) groups is 1. The van der Waals surface area contributed by atoms with Gasteiger partial charge in [0.15, 0.2) is 0 Å². The summed E-state index contributed by atoms with van der Waals surface area (Å²) in [6, 6.07) is 7.35. The topological polar surface area (TPSA) is 49.3 Å². The molecule has 1 aromatic rings.